The van der Waals surface area contributed by atoms with Crippen LogP contribution in [0.2, 0.25) is 0 Å². The van der Waals surface area contributed by atoms with Gasteiger partial charge >= 0.3 is 0 Å². The Balaban J connectivity index is 1.68. The fraction of sp³-hybridized carbons (Fsp3) is 0.471. The summed E-state index contributed by atoms with van der Waals surface area (Å²) in [5.74, 6) is 0.774. The lowest BCUT2D eigenvalue weighted by atomic mass is 10.3. The number of rotatable bonds is 7. The highest BCUT2D eigenvalue weighted by Crippen LogP contribution is 2.10. The summed E-state index contributed by atoms with van der Waals surface area (Å²) in [6.45, 7) is 6.26. The second kappa shape index (κ2) is 9.22. The van der Waals surface area contributed by atoms with E-state index in [4.69, 9.17) is 0 Å². The molecule has 24 heavy (non-hydrogen) atoms. The molecule has 0 saturated carbocycles. The van der Waals surface area contributed by atoms with E-state index in [0.717, 1.165) is 42.6 Å². The fourth-order valence-corrected chi connectivity index (χ4v) is 3.10. The molecule has 130 valence electrons. The number of aryl methyl sites for hydroxylation is 2. The van der Waals surface area contributed by atoms with Gasteiger partial charge in [0.1, 0.15) is 5.01 Å². The van der Waals surface area contributed by atoms with E-state index in [-0.39, 0.29) is 5.56 Å². The van der Waals surface area contributed by atoms with Crippen molar-refractivity contribution in [3.8, 4) is 0 Å². The van der Waals surface area contributed by atoms with Gasteiger partial charge < -0.3 is 15.2 Å². The van der Waals surface area contributed by atoms with E-state index in [1.54, 1.807) is 30.5 Å². The maximum Gasteiger partial charge on any atom is 0.250 e. The van der Waals surface area contributed by atoms with Crippen LogP contribution >= 0.6 is 11.3 Å². The smallest absolute Gasteiger partial charge is 0.250 e. The molecule has 0 saturated heterocycles. The van der Waals surface area contributed by atoms with E-state index >= 15 is 0 Å². The quantitative estimate of drug-likeness (QED) is 0.457. The van der Waals surface area contributed by atoms with Gasteiger partial charge in [0, 0.05) is 43.0 Å². The zero-order valence-corrected chi connectivity index (χ0v) is 15.3. The predicted octanol–water partition coefficient (Wildman–Crippen LogP) is 2.07. The molecular formula is C17H25N5OS. The van der Waals surface area contributed by atoms with Crippen LogP contribution in [0.1, 0.15) is 28.4 Å². The minimum absolute atomic E-state index is 0.0687. The van der Waals surface area contributed by atoms with Crippen molar-refractivity contribution < 1.29 is 0 Å². The lowest BCUT2D eigenvalue weighted by Gasteiger charge is -2.12. The second-order valence-corrected chi connectivity index (χ2v) is 6.90. The van der Waals surface area contributed by atoms with Crippen LogP contribution in [-0.2, 0) is 13.1 Å². The van der Waals surface area contributed by atoms with E-state index < -0.39 is 0 Å². The molecule has 0 atom stereocenters. The highest BCUT2D eigenvalue weighted by molar-refractivity contribution is 7.11. The second-order valence-electron chi connectivity index (χ2n) is 5.58. The lowest BCUT2D eigenvalue weighted by molar-refractivity contribution is 0.575. The molecule has 2 N–H and O–H groups in total. The third-order valence-corrected chi connectivity index (χ3v) is 4.58. The molecule has 0 fully saturated rings. The van der Waals surface area contributed by atoms with Gasteiger partial charge in [-0.3, -0.25) is 9.79 Å². The highest BCUT2D eigenvalue weighted by Gasteiger charge is 2.02. The molecule has 0 amide bonds. The van der Waals surface area contributed by atoms with Crippen molar-refractivity contribution in [2.45, 2.75) is 39.8 Å². The molecule has 2 aromatic heterocycles. The van der Waals surface area contributed by atoms with Crippen LogP contribution in [0.3, 0.4) is 0 Å². The van der Waals surface area contributed by atoms with Gasteiger partial charge in [0.05, 0.1) is 6.54 Å². The standard InChI is InChI=1S/C17H25N5OS/c1-13-7-6-8-16(23)22(13)10-5-4-9-19-17(18-3)21-12-15-20-11-14(2)24-15/h6-8,11H,4-5,9-10,12H2,1-3H3,(H2,18,19,21). The molecule has 0 aliphatic rings. The number of guanidine groups is 1. The molecular weight excluding hydrogens is 322 g/mol. The zero-order valence-electron chi connectivity index (χ0n) is 14.5. The maximum atomic E-state index is 11.8. The van der Waals surface area contributed by atoms with Gasteiger partial charge in [0.2, 0.25) is 0 Å². The van der Waals surface area contributed by atoms with Crippen molar-refractivity contribution >= 4 is 17.3 Å². The molecule has 2 rings (SSSR count). The van der Waals surface area contributed by atoms with Crippen LogP contribution in [0.15, 0.2) is 34.2 Å². The minimum Gasteiger partial charge on any atom is -0.356 e. The number of pyridine rings is 1. The first-order chi connectivity index (χ1) is 11.6. The Kier molecular flexibility index (Phi) is 6.99. The Morgan fingerprint density at radius 3 is 2.79 bits per heavy atom. The molecule has 0 aliphatic carbocycles. The van der Waals surface area contributed by atoms with E-state index in [0.29, 0.717) is 6.54 Å². The first kappa shape index (κ1) is 18.2. The molecule has 0 aromatic carbocycles. The van der Waals surface area contributed by atoms with E-state index in [1.165, 1.54) is 4.88 Å². The molecule has 6 nitrogen and oxygen atoms in total. The Morgan fingerprint density at radius 2 is 2.12 bits per heavy atom. The van der Waals surface area contributed by atoms with Gasteiger partial charge in [-0.1, -0.05) is 6.07 Å². The summed E-state index contributed by atoms with van der Waals surface area (Å²) in [6.07, 6.45) is 3.80. The third-order valence-electron chi connectivity index (χ3n) is 3.67. The molecule has 0 unspecified atom stereocenters. The molecule has 0 spiro atoms. The minimum atomic E-state index is 0.0687. The monoisotopic (exact) mass is 347 g/mol. The third kappa shape index (κ3) is 5.49. The normalized spacial score (nSPS) is 11.5. The highest BCUT2D eigenvalue weighted by atomic mass is 32.1. The van der Waals surface area contributed by atoms with Crippen LogP contribution in [0.25, 0.3) is 0 Å². The number of hydrogen-bond acceptors (Lipinski definition) is 4. The van der Waals surface area contributed by atoms with Gasteiger partial charge in [-0.05, 0) is 32.8 Å². The summed E-state index contributed by atoms with van der Waals surface area (Å²) >= 11 is 1.68. The van der Waals surface area contributed by atoms with Gasteiger partial charge in [-0.25, -0.2) is 4.98 Å². The molecule has 0 radical (unpaired) electrons. The number of aromatic nitrogens is 2. The number of hydrogen-bond donors (Lipinski definition) is 2. The summed E-state index contributed by atoms with van der Waals surface area (Å²) < 4.78 is 1.82. The average Bonchev–Trinajstić information content (AvgIpc) is 2.98. The SMILES string of the molecule is CN=C(NCCCCn1c(C)cccc1=O)NCc1ncc(C)s1. The molecule has 7 heteroatoms. The summed E-state index contributed by atoms with van der Waals surface area (Å²) in [7, 11) is 1.76. The maximum absolute atomic E-state index is 11.8. The number of nitrogens with one attached hydrogen (secondary N) is 2. The molecule has 0 bridgehead atoms. The Bertz CT molecular complexity index is 735. The Hall–Kier alpha value is -2.15. The van der Waals surface area contributed by atoms with Crippen LogP contribution in [0.5, 0.6) is 0 Å². The number of nitrogens with zero attached hydrogens (tertiary/aromatic N) is 3. The van der Waals surface area contributed by atoms with Crippen LogP contribution in [0.4, 0.5) is 0 Å². The summed E-state index contributed by atoms with van der Waals surface area (Å²) in [6, 6.07) is 5.37. The van der Waals surface area contributed by atoms with E-state index in [2.05, 4.69) is 20.6 Å². The van der Waals surface area contributed by atoms with Crippen molar-refractivity contribution in [1.29, 1.82) is 0 Å². The largest absolute Gasteiger partial charge is 0.356 e. The fourth-order valence-electron chi connectivity index (χ4n) is 2.37. The number of thiazole rings is 1. The lowest BCUT2D eigenvalue weighted by Crippen LogP contribution is -2.37. The predicted molar refractivity (Wildman–Crippen MR) is 99.7 cm³/mol. The molecule has 0 aliphatic heterocycles. The van der Waals surface area contributed by atoms with Gasteiger partial charge in [-0.15, -0.1) is 11.3 Å². The molecule has 2 heterocycles. The van der Waals surface area contributed by atoms with Crippen LogP contribution in [0, 0.1) is 13.8 Å². The van der Waals surface area contributed by atoms with E-state index in [1.807, 2.05) is 30.7 Å². The van der Waals surface area contributed by atoms with Crippen LogP contribution in [-0.4, -0.2) is 29.1 Å². The number of unbranched alkanes of at least 4 members (excludes halogenated alkanes) is 1. The molecule has 2 aromatic rings. The van der Waals surface area contributed by atoms with Gasteiger partial charge in [-0.2, -0.15) is 0 Å². The zero-order chi connectivity index (χ0) is 17.4. The summed E-state index contributed by atoms with van der Waals surface area (Å²) in [5.41, 5.74) is 1.07. The van der Waals surface area contributed by atoms with Gasteiger partial charge in [0.15, 0.2) is 5.96 Å². The first-order valence-electron chi connectivity index (χ1n) is 8.12. The van der Waals surface area contributed by atoms with Crippen molar-refractivity contribution in [2.75, 3.05) is 13.6 Å². The Morgan fingerprint density at radius 1 is 1.29 bits per heavy atom. The van der Waals surface area contributed by atoms with Crippen molar-refractivity contribution in [1.82, 2.24) is 20.2 Å². The number of aliphatic imine (C=N–C) groups is 1. The summed E-state index contributed by atoms with van der Waals surface area (Å²) in [5, 5.41) is 7.60. The van der Waals surface area contributed by atoms with Gasteiger partial charge in [0.25, 0.3) is 5.56 Å². The topological polar surface area (TPSA) is 71.3 Å². The Labute approximate surface area is 146 Å². The van der Waals surface area contributed by atoms with Crippen molar-refractivity contribution in [3.63, 3.8) is 0 Å². The first-order valence-corrected chi connectivity index (χ1v) is 8.94. The summed E-state index contributed by atoms with van der Waals surface area (Å²) in [4.78, 5) is 21.5. The van der Waals surface area contributed by atoms with Crippen LogP contribution < -0.4 is 16.2 Å². The van der Waals surface area contributed by atoms with Crippen molar-refractivity contribution in [2.24, 2.45) is 4.99 Å². The van der Waals surface area contributed by atoms with E-state index in [9.17, 15) is 4.79 Å². The average molecular weight is 347 g/mol. The van der Waals surface area contributed by atoms with Crippen molar-refractivity contribution in [3.05, 3.63) is 50.3 Å².